The SMILES string of the molecule is CC(C)(C)S(C)(C)OC1CC2CCNCCN3CCC(CC3)Oc3cccc(c3)Nc3cc(ccn3)-c3cnc(nc3)N2C1. The van der Waals surface area contributed by atoms with E-state index in [2.05, 4.69) is 64.8 Å². The molecule has 2 saturated heterocycles. The average Bonchev–Trinajstić information content (AvgIpc) is 3.39. The molecule has 8 bridgehead atoms. The molecule has 6 aliphatic rings. The van der Waals surface area contributed by atoms with Gasteiger partial charge in [-0.15, -0.1) is 10.3 Å². The van der Waals surface area contributed by atoms with E-state index in [0.29, 0.717) is 6.04 Å². The van der Waals surface area contributed by atoms with Gasteiger partial charge in [0.2, 0.25) is 5.95 Å². The molecule has 0 saturated carbocycles. The van der Waals surface area contributed by atoms with Gasteiger partial charge in [-0.25, -0.2) is 15.0 Å². The van der Waals surface area contributed by atoms with Crippen molar-refractivity contribution in [2.24, 2.45) is 0 Å². The Kier molecular flexibility index (Phi) is 9.33. The Hall–Kier alpha value is -2.92. The summed E-state index contributed by atoms with van der Waals surface area (Å²) in [4.78, 5) is 19.3. The maximum Gasteiger partial charge on any atom is 0.225 e. The smallest absolute Gasteiger partial charge is 0.225 e. The lowest BCUT2D eigenvalue weighted by Gasteiger charge is -2.45. The zero-order chi connectivity index (χ0) is 30.7. The van der Waals surface area contributed by atoms with Gasteiger partial charge in [0.25, 0.3) is 0 Å². The Morgan fingerprint density at radius 3 is 2.50 bits per heavy atom. The first-order valence-corrected chi connectivity index (χ1v) is 18.4. The van der Waals surface area contributed by atoms with Crippen LogP contribution in [0.25, 0.3) is 11.1 Å². The minimum absolute atomic E-state index is 0.121. The Bertz CT molecular complexity index is 1390. The summed E-state index contributed by atoms with van der Waals surface area (Å²) in [6, 6.07) is 12.6. The van der Waals surface area contributed by atoms with E-state index in [9.17, 15) is 0 Å². The minimum atomic E-state index is -1.23. The molecule has 238 valence electrons. The molecule has 0 aliphatic carbocycles. The summed E-state index contributed by atoms with van der Waals surface area (Å²) < 4.78 is 13.4. The highest BCUT2D eigenvalue weighted by atomic mass is 32.3. The summed E-state index contributed by atoms with van der Waals surface area (Å²) in [5, 5.41) is 7.18. The Balaban J connectivity index is 1.24. The highest BCUT2D eigenvalue weighted by Gasteiger charge is 2.39. The van der Waals surface area contributed by atoms with Gasteiger partial charge in [0.05, 0.1) is 6.10 Å². The Morgan fingerprint density at radius 2 is 1.73 bits per heavy atom. The quantitative estimate of drug-likeness (QED) is 0.366. The molecule has 6 aliphatic heterocycles. The number of rotatable bonds is 2. The fourth-order valence-corrected chi connectivity index (χ4v) is 7.22. The lowest BCUT2D eigenvalue weighted by molar-refractivity contribution is 0.101. The number of hydrogen-bond acceptors (Lipinski definition) is 9. The van der Waals surface area contributed by atoms with E-state index in [1.165, 1.54) is 0 Å². The summed E-state index contributed by atoms with van der Waals surface area (Å²) in [7, 11) is -1.23. The Morgan fingerprint density at radius 1 is 0.932 bits per heavy atom. The van der Waals surface area contributed by atoms with Crippen LogP contribution in [0.4, 0.5) is 17.5 Å². The van der Waals surface area contributed by atoms with E-state index in [0.717, 1.165) is 99.3 Å². The second kappa shape index (κ2) is 13.2. The van der Waals surface area contributed by atoms with E-state index < -0.39 is 10.3 Å². The van der Waals surface area contributed by atoms with Crippen LogP contribution in [0.2, 0.25) is 0 Å². The van der Waals surface area contributed by atoms with Gasteiger partial charge in [0.15, 0.2) is 0 Å². The van der Waals surface area contributed by atoms with Crippen LogP contribution >= 0.6 is 10.3 Å². The van der Waals surface area contributed by atoms with Crippen LogP contribution in [-0.4, -0.2) is 94.6 Å². The molecule has 0 amide bonds. The molecule has 10 heteroatoms. The lowest BCUT2D eigenvalue weighted by atomic mass is 10.1. The second-order valence-corrected chi connectivity index (χ2v) is 17.5. The molecule has 9 rings (SSSR count). The van der Waals surface area contributed by atoms with Crippen LogP contribution in [0.3, 0.4) is 0 Å². The number of benzene rings is 1. The number of pyridine rings is 1. The number of nitrogens with zero attached hydrogens (tertiary/aromatic N) is 5. The lowest BCUT2D eigenvalue weighted by Crippen LogP contribution is -2.42. The first-order chi connectivity index (χ1) is 21.1. The molecule has 0 spiro atoms. The molecular weight excluding hydrogens is 570 g/mol. The average molecular weight is 620 g/mol. The minimum Gasteiger partial charge on any atom is -0.490 e. The first kappa shape index (κ1) is 31.1. The van der Waals surface area contributed by atoms with Crippen molar-refractivity contribution in [2.45, 2.75) is 69.5 Å². The zero-order valence-electron chi connectivity index (χ0n) is 27.0. The van der Waals surface area contributed by atoms with Crippen LogP contribution in [0.1, 0.15) is 46.5 Å². The van der Waals surface area contributed by atoms with Crippen molar-refractivity contribution < 1.29 is 8.92 Å². The van der Waals surface area contributed by atoms with Crippen molar-refractivity contribution in [2.75, 3.05) is 62.0 Å². The third-order valence-corrected chi connectivity index (χ3v) is 13.1. The van der Waals surface area contributed by atoms with Crippen molar-refractivity contribution in [1.82, 2.24) is 25.2 Å². The van der Waals surface area contributed by atoms with Crippen LogP contribution in [0.15, 0.2) is 55.0 Å². The topological polar surface area (TPSA) is 87.7 Å². The van der Waals surface area contributed by atoms with Crippen molar-refractivity contribution in [3.63, 3.8) is 0 Å². The molecule has 0 radical (unpaired) electrons. The highest BCUT2D eigenvalue weighted by Crippen LogP contribution is 2.55. The normalized spacial score (nSPS) is 25.2. The number of ether oxygens (including phenoxy) is 1. The Labute approximate surface area is 264 Å². The van der Waals surface area contributed by atoms with E-state index in [1.807, 2.05) is 48.9 Å². The third-order valence-electron chi connectivity index (χ3n) is 9.42. The van der Waals surface area contributed by atoms with E-state index in [-0.39, 0.29) is 17.0 Å². The molecule has 2 unspecified atom stereocenters. The third kappa shape index (κ3) is 7.47. The van der Waals surface area contributed by atoms with Crippen molar-refractivity contribution in [1.29, 1.82) is 0 Å². The number of piperidine rings is 1. The number of anilines is 3. The van der Waals surface area contributed by atoms with Crippen molar-refractivity contribution >= 4 is 27.8 Å². The molecule has 2 atom stereocenters. The van der Waals surface area contributed by atoms with Crippen LogP contribution in [0.5, 0.6) is 5.75 Å². The van der Waals surface area contributed by atoms with Crippen molar-refractivity contribution in [3.8, 4) is 16.9 Å². The van der Waals surface area contributed by atoms with Gasteiger partial charge in [-0.1, -0.05) is 26.8 Å². The van der Waals surface area contributed by atoms with Gasteiger partial charge in [-0.2, -0.15) is 0 Å². The zero-order valence-corrected chi connectivity index (χ0v) is 27.8. The summed E-state index contributed by atoms with van der Waals surface area (Å²) in [5.41, 5.74) is 2.93. The predicted octanol–water partition coefficient (Wildman–Crippen LogP) is 5.86. The standard InChI is InChI=1S/C34H49N7O2S/c1-34(2,3)44(4,5)43-31-21-28-10-13-35-15-18-40-16-11-29(12-17-40)42-30-8-6-7-27(20-30)39-32-19-25(9-14-36-32)26-22-37-33(38-23-26)41(28)24-31/h6-9,14,19-20,22-23,28-29,31,35H,10-13,15-18,21,24H2,1-5H3,(H,36,39). The van der Waals surface area contributed by atoms with E-state index in [4.69, 9.17) is 18.9 Å². The van der Waals surface area contributed by atoms with Gasteiger partial charge in [-0.05, 0) is 74.6 Å². The molecule has 2 aromatic heterocycles. The van der Waals surface area contributed by atoms with Gasteiger partial charge < -0.3 is 29.4 Å². The number of hydrogen-bond donors (Lipinski definition) is 2. The molecule has 2 fully saturated rings. The summed E-state index contributed by atoms with van der Waals surface area (Å²) in [6.07, 6.45) is 14.8. The molecule has 3 aromatic rings. The monoisotopic (exact) mass is 619 g/mol. The molecule has 2 N–H and O–H groups in total. The van der Waals surface area contributed by atoms with Gasteiger partial charge in [0.1, 0.15) is 17.7 Å². The highest BCUT2D eigenvalue weighted by molar-refractivity contribution is 8.29. The molecular formula is C34H49N7O2S. The van der Waals surface area contributed by atoms with Gasteiger partial charge >= 0.3 is 0 Å². The van der Waals surface area contributed by atoms with Gasteiger partial charge in [-0.3, -0.25) is 0 Å². The van der Waals surface area contributed by atoms with E-state index in [1.54, 1.807) is 0 Å². The second-order valence-electron chi connectivity index (χ2n) is 13.7. The number of nitrogens with one attached hydrogen (secondary N) is 2. The summed E-state index contributed by atoms with van der Waals surface area (Å²) in [5.74, 6) is 2.44. The molecule has 8 heterocycles. The van der Waals surface area contributed by atoms with Crippen molar-refractivity contribution in [3.05, 3.63) is 55.0 Å². The molecule has 9 nitrogen and oxygen atoms in total. The van der Waals surface area contributed by atoms with Crippen LogP contribution in [0, 0.1) is 0 Å². The largest absolute Gasteiger partial charge is 0.490 e. The maximum absolute atomic E-state index is 6.85. The van der Waals surface area contributed by atoms with Gasteiger partial charge in [0, 0.05) is 79.4 Å². The molecule has 44 heavy (non-hydrogen) atoms. The fraction of sp³-hybridized carbons (Fsp3) is 0.559. The van der Waals surface area contributed by atoms with Crippen LogP contribution < -0.4 is 20.3 Å². The number of aromatic nitrogens is 3. The maximum atomic E-state index is 6.85. The predicted molar refractivity (Wildman–Crippen MR) is 182 cm³/mol. The summed E-state index contributed by atoms with van der Waals surface area (Å²) in [6.45, 7) is 12.8. The first-order valence-electron chi connectivity index (χ1n) is 16.1. The fourth-order valence-electron chi connectivity index (χ4n) is 6.11. The van der Waals surface area contributed by atoms with Crippen LogP contribution in [-0.2, 0) is 4.18 Å². The summed E-state index contributed by atoms with van der Waals surface area (Å²) >= 11 is 0. The molecule has 1 aromatic carbocycles. The van der Waals surface area contributed by atoms with E-state index >= 15 is 0 Å².